The summed E-state index contributed by atoms with van der Waals surface area (Å²) in [7, 11) is 0. The highest BCUT2D eigenvalue weighted by molar-refractivity contribution is 5.80. The van der Waals surface area contributed by atoms with E-state index in [2.05, 4.69) is 29.0 Å². The molecule has 0 saturated carbocycles. The molecule has 3 rings (SSSR count). The van der Waals surface area contributed by atoms with Crippen LogP contribution in [0.25, 0.3) is 0 Å². The lowest BCUT2D eigenvalue weighted by atomic mass is 9.76. The van der Waals surface area contributed by atoms with Crippen LogP contribution < -0.4 is 5.32 Å². The van der Waals surface area contributed by atoms with Crippen molar-refractivity contribution in [2.75, 3.05) is 52.5 Å². The topological polar surface area (TPSA) is 40.1 Å². The molecule has 5 nitrogen and oxygen atoms in total. The smallest absolute Gasteiger partial charge is 0.193 e. The van der Waals surface area contributed by atoms with Gasteiger partial charge in [-0.1, -0.05) is 13.3 Å². The summed E-state index contributed by atoms with van der Waals surface area (Å²) in [6.07, 6.45) is 9.12. The van der Waals surface area contributed by atoms with E-state index in [1.807, 2.05) is 0 Å². The standard InChI is InChI=1S/C20H38N4O/c1-3-21-19(22-15-18-9-5-6-12-23(18)4-2)24-13-7-10-20(16-24)11-8-14-25-17-20/h18H,3-17H2,1-2H3,(H,21,22). The minimum atomic E-state index is 0.368. The summed E-state index contributed by atoms with van der Waals surface area (Å²) in [6.45, 7) is 12.9. The molecule has 5 heteroatoms. The van der Waals surface area contributed by atoms with Gasteiger partial charge < -0.3 is 15.0 Å². The minimum absolute atomic E-state index is 0.368. The Morgan fingerprint density at radius 3 is 2.80 bits per heavy atom. The molecule has 1 N–H and O–H groups in total. The molecule has 0 aliphatic carbocycles. The molecule has 144 valence electrons. The Kier molecular flexibility index (Phi) is 7.00. The Bertz CT molecular complexity index is 428. The van der Waals surface area contributed by atoms with E-state index in [0.717, 1.165) is 51.9 Å². The number of nitrogens with zero attached hydrogens (tertiary/aromatic N) is 3. The molecule has 1 spiro atoms. The predicted molar refractivity (Wildman–Crippen MR) is 104 cm³/mol. The summed E-state index contributed by atoms with van der Waals surface area (Å²) in [5, 5.41) is 3.56. The monoisotopic (exact) mass is 350 g/mol. The first-order chi connectivity index (χ1) is 12.3. The van der Waals surface area contributed by atoms with Gasteiger partial charge in [-0.2, -0.15) is 0 Å². The Labute approximate surface area is 154 Å². The second kappa shape index (κ2) is 9.22. The van der Waals surface area contributed by atoms with Gasteiger partial charge in [0.2, 0.25) is 0 Å². The summed E-state index contributed by atoms with van der Waals surface area (Å²) in [5.41, 5.74) is 0.368. The fourth-order valence-corrected chi connectivity index (χ4v) is 4.92. The average Bonchev–Trinajstić information content (AvgIpc) is 2.66. The molecule has 3 aliphatic rings. The lowest BCUT2D eigenvalue weighted by Crippen LogP contribution is -2.53. The molecule has 0 aromatic carbocycles. The van der Waals surface area contributed by atoms with E-state index in [4.69, 9.17) is 9.73 Å². The second-order valence-corrected chi connectivity index (χ2v) is 8.15. The Balaban J connectivity index is 1.64. The molecule has 0 aromatic heterocycles. The van der Waals surface area contributed by atoms with E-state index < -0.39 is 0 Å². The first kappa shape index (κ1) is 19.0. The third kappa shape index (κ3) is 4.88. The number of aliphatic imine (C=N–C) groups is 1. The molecular weight excluding hydrogens is 312 g/mol. The van der Waals surface area contributed by atoms with Crippen molar-refractivity contribution in [1.82, 2.24) is 15.1 Å². The molecule has 3 fully saturated rings. The Hall–Kier alpha value is -0.810. The van der Waals surface area contributed by atoms with Crippen molar-refractivity contribution in [2.24, 2.45) is 10.4 Å². The van der Waals surface area contributed by atoms with Crippen molar-refractivity contribution in [3.63, 3.8) is 0 Å². The van der Waals surface area contributed by atoms with Crippen LogP contribution in [0.15, 0.2) is 4.99 Å². The SMILES string of the molecule is CCNC(=NCC1CCCCN1CC)N1CCCC2(CCCOC2)C1. The molecule has 3 saturated heterocycles. The van der Waals surface area contributed by atoms with Crippen LogP contribution in [0.4, 0.5) is 0 Å². The lowest BCUT2D eigenvalue weighted by Gasteiger charge is -2.46. The van der Waals surface area contributed by atoms with Gasteiger partial charge in [0.05, 0.1) is 13.2 Å². The van der Waals surface area contributed by atoms with Crippen molar-refractivity contribution in [1.29, 1.82) is 0 Å². The highest BCUT2D eigenvalue weighted by Gasteiger charge is 2.38. The number of ether oxygens (including phenoxy) is 1. The zero-order chi connectivity index (χ0) is 17.5. The molecule has 0 amide bonds. The van der Waals surface area contributed by atoms with Gasteiger partial charge in [-0.3, -0.25) is 9.89 Å². The van der Waals surface area contributed by atoms with Crippen molar-refractivity contribution < 1.29 is 4.74 Å². The van der Waals surface area contributed by atoms with Crippen LogP contribution in [0.2, 0.25) is 0 Å². The highest BCUT2D eigenvalue weighted by atomic mass is 16.5. The number of piperidine rings is 2. The van der Waals surface area contributed by atoms with Crippen LogP contribution in [0.5, 0.6) is 0 Å². The summed E-state index contributed by atoms with van der Waals surface area (Å²) < 4.78 is 5.84. The number of guanidine groups is 1. The number of nitrogens with one attached hydrogen (secondary N) is 1. The molecule has 25 heavy (non-hydrogen) atoms. The number of hydrogen-bond acceptors (Lipinski definition) is 3. The number of hydrogen-bond donors (Lipinski definition) is 1. The normalized spacial score (nSPS) is 32.2. The van der Waals surface area contributed by atoms with E-state index in [1.54, 1.807) is 0 Å². The van der Waals surface area contributed by atoms with E-state index in [-0.39, 0.29) is 0 Å². The van der Waals surface area contributed by atoms with Crippen molar-refractivity contribution in [3.05, 3.63) is 0 Å². The number of likely N-dealkylation sites (N-methyl/N-ethyl adjacent to an activating group) is 1. The average molecular weight is 351 g/mol. The zero-order valence-corrected chi connectivity index (χ0v) is 16.4. The third-order valence-corrected chi connectivity index (χ3v) is 6.31. The third-order valence-electron chi connectivity index (χ3n) is 6.31. The van der Waals surface area contributed by atoms with Crippen LogP contribution in [0.1, 0.15) is 58.8 Å². The van der Waals surface area contributed by atoms with E-state index >= 15 is 0 Å². The molecule has 2 atom stereocenters. The van der Waals surface area contributed by atoms with Crippen LogP contribution in [0.3, 0.4) is 0 Å². The van der Waals surface area contributed by atoms with Gasteiger partial charge in [-0.15, -0.1) is 0 Å². The molecule has 0 bridgehead atoms. The second-order valence-electron chi connectivity index (χ2n) is 8.15. The predicted octanol–water partition coefficient (Wildman–Crippen LogP) is 2.72. The quantitative estimate of drug-likeness (QED) is 0.625. The zero-order valence-electron chi connectivity index (χ0n) is 16.4. The lowest BCUT2D eigenvalue weighted by molar-refractivity contribution is -0.0370. The van der Waals surface area contributed by atoms with E-state index in [9.17, 15) is 0 Å². The molecule has 3 heterocycles. The van der Waals surface area contributed by atoms with Crippen molar-refractivity contribution >= 4 is 5.96 Å². The molecular formula is C20H38N4O. The molecule has 2 unspecified atom stereocenters. The largest absolute Gasteiger partial charge is 0.381 e. The maximum atomic E-state index is 5.84. The van der Waals surface area contributed by atoms with Crippen molar-refractivity contribution in [2.45, 2.75) is 64.8 Å². The van der Waals surface area contributed by atoms with Gasteiger partial charge in [0, 0.05) is 37.7 Å². The maximum absolute atomic E-state index is 5.84. The van der Waals surface area contributed by atoms with Crippen LogP contribution in [0, 0.1) is 5.41 Å². The molecule has 3 aliphatic heterocycles. The fourth-order valence-electron chi connectivity index (χ4n) is 4.92. The summed E-state index contributed by atoms with van der Waals surface area (Å²) >= 11 is 0. The molecule has 0 radical (unpaired) electrons. The van der Waals surface area contributed by atoms with Gasteiger partial charge in [0.15, 0.2) is 5.96 Å². The Morgan fingerprint density at radius 1 is 1.16 bits per heavy atom. The van der Waals surface area contributed by atoms with E-state index in [1.165, 1.54) is 51.5 Å². The number of rotatable bonds is 4. The number of likely N-dealkylation sites (tertiary alicyclic amines) is 2. The summed E-state index contributed by atoms with van der Waals surface area (Å²) in [5.74, 6) is 1.13. The fraction of sp³-hybridized carbons (Fsp3) is 0.950. The van der Waals surface area contributed by atoms with Gasteiger partial charge >= 0.3 is 0 Å². The van der Waals surface area contributed by atoms with Crippen LogP contribution in [-0.2, 0) is 4.74 Å². The first-order valence-corrected chi connectivity index (χ1v) is 10.6. The Morgan fingerprint density at radius 2 is 2.04 bits per heavy atom. The highest BCUT2D eigenvalue weighted by Crippen LogP contribution is 2.37. The molecule has 0 aromatic rings. The summed E-state index contributed by atoms with van der Waals surface area (Å²) in [4.78, 5) is 10.2. The minimum Gasteiger partial charge on any atom is -0.381 e. The summed E-state index contributed by atoms with van der Waals surface area (Å²) in [6, 6.07) is 0.629. The first-order valence-electron chi connectivity index (χ1n) is 10.6. The van der Waals surface area contributed by atoms with Crippen LogP contribution in [-0.4, -0.2) is 74.3 Å². The van der Waals surface area contributed by atoms with E-state index in [0.29, 0.717) is 11.5 Å². The van der Waals surface area contributed by atoms with Gasteiger partial charge in [-0.05, 0) is 58.5 Å². The van der Waals surface area contributed by atoms with Gasteiger partial charge in [0.1, 0.15) is 0 Å². The maximum Gasteiger partial charge on any atom is 0.193 e. The van der Waals surface area contributed by atoms with Gasteiger partial charge in [-0.25, -0.2) is 0 Å². The van der Waals surface area contributed by atoms with Gasteiger partial charge in [0.25, 0.3) is 0 Å². The van der Waals surface area contributed by atoms with Crippen molar-refractivity contribution in [3.8, 4) is 0 Å². The van der Waals surface area contributed by atoms with Crippen LogP contribution >= 0.6 is 0 Å².